The third-order valence-corrected chi connectivity index (χ3v) is 1.23. The second-order valence-electron chi connectivity index (χ2n) is 3.66. The Labute approximate surface area is 76.8 Å². The Hall–Kier alpha value is -1.29. The van der Waals surface area contributed by atoms with Crippen molar-refractivity contribution in [1.82, 2.24) is 5.48 Å². The van der Waals surface area contributed by atoms with Crippen LogP contribution in [0, 0.1) is 0 Å². The van der Waals surface area contributed by atoms with Gasteiger partial charge in [0.05, 0.1) is 17.4 Å². The normalized spacial score (nSPS) is 11.3. The number of hydrogen-bond donors (Lipinski definition) is 1. The Balaban J connectivity index is 2.44. The quantitative estimate of drug-likeness (QED) is 0.710. The number of hydroxylamine groups is 1. The molecule has 0 saturated carbocycles. The summed E-state index contributed by atoms with van der Waals surface area (Å²) >= 11 is 0. The van der Waals surface area contributed by atoms with Crippen LogP contribution >= 0.6 is 0 Å². The molecule has 1 aromatic heterocycles. The minimum Gasteiger partial charge on any atom is -0.472 e. The van der Waals surface area contributed by atoms with Crippen LogP contribution in [0.15, 0.2) is 23.0 Å². The molecule has 0 fully saturated rings. The molecule has 1 amide bonds. The first-order valence-electron chi connectivity index (χ1n) is 3.99. The minimum atomic E-state index is -0.389. The third kappa shape index (κ3) is 3.29. The fourth-order valence-electron chi connectivity index (χ4n) is 0.652. The molecule has 0 unspecified atom stereocenters. The maximum atomic E-state index is 11.3. The highest BCUT2D eigenvalue weighted by Gasteiger charge is 2.14. The zero-order valence-electron chi connectivity index (χ0n) is 7.96. The van der Waals surface area contributed by atoms with E-state index in [-0.39, 0.29) is 11.5 Å². The predicted octanol–water partition coefficient (Wildman–Crippen LogP) is 1.74. The standard InChI is InChI=1S/C9H13NO3/c1-9(2,3)13-10-8(11)7-4-5-12-6-7/h4-6H,1-3H3,(H,10,11). The van der Waals surface area contributed by atoms with Gasteiger partial charge in [-0.1, -0.05) is 0 Å². The van der Waals surface area contributed by atoms with E-state index < -0.39 is 0 Å². The molecule has 4 nitrogen and oxygen atoms in total. The number of rotatable bonds is 2. The van der Waals surface area contributed by atoms with Crippen LogP contribution in [0.3, 0.4) is 0 Å². The van der Waals surface area contributed by atoms with Gasteiger partial charge in [-0.25, -0.2) is 5.48 Å². The highest BCUT2D eigenvalue weighted by atomic mass is 16.7. The van der Waals surface area contributed by atoms with Gasteiger partial charge in [-0.05, 0) is 26.8 Å². The van der Waals surface area contributed by atoms with Crippen molar-refractivity contribution in [2.75, 3.05) is 0 Å². The summed E-state index contributed by atoms with van der Waals surface area (Å²) in [4.78, 5) is 16.3. The molecule has 1 aromatic rings. The number of furan rings is 1. The molecule has 0 saturated heterocycles. The first-order valence-corrected chi connectivity index (χ1v) is 3.99. The molecule has 1 rings (SSSR count). The largest absolute Gasteiger partial charge is 0.472 e. The van der Waals surface area contributed by atoms with Crippen LogP contribution in [-0.2, 0) is 4.84 Å². The van der Waals surface area contributed by atoms with Crippen LogP contribution in [0.1, 0.15) is 31.1 Å². The maximum Gasteiger partial charge on any atom is 0.278 e. The van der Waals surface area contributed by atoms with Gasteiger partial charge in [-0.2, -0.15) is 0 Å². The first kappa shape index (κ1) is 9.80. The monoisotopic (exact) mass is 183 g/mol. The summed E-state index contributed by atoms with van der Waals surface area (Å²) in [6.45, 7) is 5.55. The van der Waals surface area contributed by atoms with Crippen LogP contribution in [0.5, 0.6) is 0 Å². The molecule has 4 heteroatoms. The van der Waals surface area contributed by atoms with Crippen molar-refractivity contribution in [2.24, 2.45) is 0 Å². The first-order chi connectivity index (χ1) is 5.99. The lowest BCUT2D eigenvalue weighted by Gasteiger charge is -2.18. The van der Waals surface area contributed by atoms with Crippen LogP contribution in [-0.4, -0.2) is 11.5 Å². The number of amides is 1. The topological polar surface area (TPSA) is 51.5 Å². The highest BCUT2D eigenvalue weighted by molar-refractivity contribution is 5.92. The van der Waals surface area contributed by atoms with Crippen LogP contribution in [0.25, 0.3) is 0 Å². The van der Waals surface area contributed by atoms with E-state index in [4.69, 9.17) is 9.25 Å². The van der Waals surface area contributed by atoms with Gasteiger partial charge in [0.25, 0.3) is 5.91 Å². The molecule has 0 aliphatic rings. The zero-order chi connectivity index (χ0) is 9.90. The van der Waals surface area contributed by atoms with E-state index in [1.54, 1.807) is 6.07 Å². The highest BCUT2D eigenvalue weighted by Crippen LogP contribution is 2.05. The van der Waals surface area contributed by atoms with Gasteiger partial charge in [0.2, 0.25) is 0 Å². The molecule has 13 heavy (non-hydrogen) atoms. The summed E-state index contributed by atoms with van der Waals surface area (Å²) in [5.74, 6) is -0.302. The molecular weight excluding hydrogens is 170 g/mol. The third-order valence-electron chi connectivity index (χ3n) is 1.23. The van der Waals surface area contributed by atoms with Crippen molar-refractivity contribution in [1.29, 1.82) is 0 Å². The average Bonchev–Trinajstić information content (AvgIpc) is 2.50. The fraction of sp³-hybridized carbons (Fsp3) is 0.444. The van der Waals surface area contributed by atoms with Crippen LogP contribution < -0.4 is 5.48 Å². The zero-order valence-corrected chi connectivity index (χ0v) is 7.96. The van der Waals surface area contributed by atoms with Crippen molar-refractivity contribution in [2.45, 2.75) is 26.4 Å². The van der Waals surface area contributed by atoms with Crippen molar-refractivity contribution < 1.29 is 14.0 Å². The Bertz CT molecular complexity index is 272. The Morgan fingerprint density at radius 1 is 1.54 bits per heavy atom. The molecule has 0 aromatic carbocycles. The smallest absolute Gasteiger partial charge is 0.278 e. The fourth-order valence-corrected chi connectivity index (χ4v) is 0.652. The molecule has 1 N–H and O–H groups in total. The number of carbonyl (C=O) groups excluding carboxylic acids is 1. The summed E-state index contributed by atoms with van der Waals surface area (Å²) in [6, 6.07) is 1.57. The lowest BCUT2D eigenvalue weighted by molar-refractivity contribution is -0.0589. The number of carbonyl (C=O) groups is 1. The molecule has 0 aliphatic carbocycles. The van der Waals surface area contributed by atoms with E-state index in [0.717, 1.165) is 0 Å². The maximum absolute atomic E-state index is 11.3. The number of hydrogen-bond acceptors (Lipinski definition) is 3. The van der Waals surface area contributed by atoms with Gasteiger partial charge in [0.15, 0.2) is 0 Å². The second-order valence-corrected chi connectivity index (χ2v) is 3.66. The van der Waals surface area contributed by atoms with Crippen molar-refractivity contribution >= 4 is 5.91 Å². The van der Waals surface area contributed by atoms with Gasteiger partial charge in [-0.15, -0.1) is 0 Å². The molecule has 0 bridgehead atoms. The van der Waals surface area contributed by atoms with Gasteiger partial charge in [0.1, 0.15) is 6.26 Å². The minimum absolute atomic E-state index is 0.302. The summed E-state index contributed by atoms with van der Waals surface area (Å²) in [5.41, 5.74) is 2.38. The van der Waals surface area contributed by atoms with E-state index in [2.05, 4.69) is 5.48 Å². The number of nitrogens with one attached hydrogen (secondary N) is 1. The second kappa shape index (κ2) is 3.62. The van der Waals surface area contributed by atoms with Gasteiger partial charge >= 0.3 is 0 Å². The van der Waals surface area contributed by atoms with E-state index in [0.29, 0.717) is 5.56 Å². The molecule has 0 aliphatic heterocycles. The SMILES string of the molecule is CC(C)(C)ONC(=O)c1ccoc1. The van der Waals surface area contributed by atoms with Crippen molar-refractivity contribution in [3.05, 3.63) is 24.2 Å². The molecule has 0 radical (unpaired) electrons. The van der Waals surface area contributed by atoms with E-state index >= 15 is 0 Å². The molecular formula is C9H13NO3. The summed E-state index contributed by atoms with van der Waals surface area (Å²) < 4.78 is 4.75. The molecule has 0 atom stereocenters. The summed E-state index contributed by atoms with van der Waals surface area (Å²) in [7, 11) is 0. The van der Waals surface area contributed by atoms with Gasteiger partial charge in [-0.3, -0.25) is 9.63 Å². The summed E-state index contributed by atoms with van der Waals surface area (Å²) in [5, 5.41) is 0. The molecule has 72 valence electrons. The van der Waals surface area contributed by atoms with Crippen LogP contribution in [0.2, 0.25) is 0 Å². The molecule has 0 spiro atoms. The lowest BCUT2D eigenvalue weighted by Crippen LogP contribution is -2.33. The molecule has 1 heterocycles. The van der Waals surface area contributed by atoms with Crippen molar-refractivity contribution in [3.8, 4) is 0 Å². The van der Waals surface area contributed by atoms with Gasteiger partial charge in [0, 0.05) is 0 Å². The van der Waals surface area contributed by atoms with E-state index in [1.807, 2.05) is 20.8 Å². The predicted molar refractivity (Wildman–Crippen MR) is 47.0 cm³/mol. The average molecular weight is 183 g/mol. The van der Waals surface area contributed by atoms with Gasteiger partial charge < -0.3 is 4.42 Å². The Morgan fingerprint density at radius 2 is 2.23 bits per heavy atom. The summed E-state index contributed by atoms with van der Waals surface area (Å²) in [6.07, 6.45) is 2.80. The van der Waals surface area contributed by atoms with E-state index in [1.165, 1.54) is 12.5 Å². The Morgan fingerprint density at radius 3 is 2.69 bits per heavy atom. The van der Waals surface area contributed by atoms with E-state index in [9.17, 15) is 4.79 Å². The lowest BCUT2D eigenvalue weighted by atomic mass is 10.2. The van der Waals surface area contributed by atoms with Crippen LogP contribution in [0.4, 0.5) is 0 Å². The van der Waals surface area contributed by atoms with Crippen molar-refractivity contribution in [3.63, 3.8) is 0 Å². The Kier molecular flexibility index (Phi) is 2.72.